The molecule has 0 spiro atoms. The molecular weight excluding hydrogens is 362 g/mol. The summed E-state index contributed by atoms with van der Waals surface area (Å²) in [6.07, 6.45) is 0. The highest BCUT2D eigenvalue weighted by atomic mass is 32.1. The topological polar surface area (TPSA) is 79.4 Å². The van der Waals surface area contributed by atoms with E-state index in [0.29, 0.717) is 27.4 Å². The lowest BCUT2D eigenvalue weighted by Crippen LogP contribution is -2.24. The number of nitrogens with one attached hydrogen (secondary N) is 1. The van der Waals surface area contributed by atoms with E-state index in [0.717, 1.165) is 15.5 Å². The zero-order valence-electron chi connectivity index (χ0n) is 14.6. The van der Waals surface area contributed by atoms with Gasteiger partial charge in [-0.05, 0) is 25.1 Å². The molecule has 0 saturated heterocycles. The average Bonchev–Trinajstić information content (AvgIpc) is 3.17. The summed E-state index contributed by atoms with van der Waals surface area (Å²) in [6, 6.07) is 14.4. The van der Waals surface area contributed by atoms with Gasteiger partial charge in [0.2, 0.25) is 0 Å². The van der Waals surface area contributed by atoms with Gasteiger partial charge >= 0.3 is 0 Å². The van der Waals surface area contributed by atoms with E-state index in [2.05, 4.69) is 10.3 Å². The van der Waals surface area contributed by atoms with Crippen molar-refractivity contribution in [1.82, 2.24) is 9.88 Å². The monoisotopic (exact) mass is 377 g/mol. The number of imide groups is 1. The summed E-state index contributed by atoms with van der Waals surface area (Å²) >= 11 is 1.31. The second-order valence-electron chi connectivity index (χ2n) is 6.18. The van der Waals surface area contributed by atoms with Crippen molar-refractivity contribution in [3.8, 4) is 10.6 Å². The van der Waals surface area contributed by atoms with Gasteiger partial charge in [0.1, 0.15) is 9.88 Å². The lowest BCUT2D eigenvalue weighted by molar-refractivity contribution is 0.0692. The van der Waals surface area contributed by atoms with Crippen LogP contribution in [0.15, 0.2) is 48.5 Å². The molecule has 0 aliphatic carbocycles. The van der Waals surface area contributed by atoms with Crippen LogP contribution in [0.25, 0.3) is 10.6 Å². The predicted molar refractivity (Wildman–Crippen MR) is 103 cm³/mol. The number of rotatable bonds is 3. The van der Waals surface area contributed by atoms with Crippen LogP contribution in [0.4, 0.5) is 5.69 Å². The summed E-state index contributed by atoms with van der Waals surface area (Å²) < 4.78 is 0. The van der Waals surface area contributed by atoms with E-state index < -0.39 is 0 Å². The van der Waals surface area contributed by atoms with Crippen LogP contribution in [0.2, 0.25) is 0 Å². The number of carbonyl (C=O) groups is 3. The summed E-state index contributed by atoms with van der Waals surface area (Å²) in [5, 5.41) is 3.57. The van der Waals surface area contributed by atoms with E-state index in [1.165, 1.54) is 24.5 Å². The number of fused-ring (bicyclic) bond motifs is 1. The van der Waals surface area contributed by atoms with Gasteiger partial charge in [-0.3, -0.25) is 19.3 Å². The molecule has 0 radical (unpaired) electrons. The Hall–Kier alpha value is -3.32. The van der Waals surface area contributed by atoms with Crippen LogP contribution in [0, 0.1) is 6.92 Å². The summed E-state index contributed by atoms with van der Waals surface area (Å²) in [5.74, 6) is -0.998. The van der Waals surface area contributed by atoms with Crippen LogP contribution in [0.1, 0.15) is 36.1 Å². The van der Waals surface area contributed by atoms with Crippen LogP contribution in [0.5, 0.6) is 0 Å². The number of nitrogens with zero attached hydrogens (tertiary/aromatic N) is 2. The zero-order chi connectivity index (χ0) is 19.1. The van der Waals surface area contributed by atoms with Gasteiger partial charge in [-0.25, -0.2) is 4.98 Å². The maximum Gasteiger partial charge on any atom is 0.267 e. The minimum absolute atomic E-state index is 0.294. The number of amides is 3. The van der Waals surface area contributed by atoms with Gasteiger partial charge < -0.3 is 5.32 Å². The zero-order valence-corrected chi connectivity index (χ0v) is 15.5. The lowest BCUT2D eigenvalue weighted by Gasteiger charge is -2.05. The number of hydrogen-bond donors (Lipinski definition) is 1. The van der Waals surface area contributed by atoms with Gasteiger partial charge in [0.25, 0.3) is 17.7 Å². The normalized spacial score (nSPS) is 13.0. The molecule has 3 aromatic rings. The fraction of sp³-hybridized carbons (Fsp3) is 0.100. The van der Waals surface area contributed by atoms with Crippen LogP contribution in [-0.4, -0.2) is 34.7 Å². The molecule has 1 aromatic heterocycles. The molecule has 3 amide bonds. The number of carbonyl (C=O) groups excluding carboxylic acids is 3. The van der Waals surface area contributed by atoms with Crippen LogP contribution in [0.3, 0.4) is 0 Å². The lowest BCUT2D eigenvalue weighted by atomic mass is 10.1. The van der Waals surface area contributed by atoms with Crippen molar-refractivity contribution >= 4 is 34.7 Å². The molecule has 1 aliphatic rings. The Kier molecular flexibility index (Phi) is 4.08. The highest BCUT2D eigenvalue weighted by Crippen LogP contribution is 2.29. The third kappa shape index (κ3) is 2.92. The Morgan fingerprint density at radius 2 is 1.74 bits per heavy atom. The number of benzene rings is 2. The second-order valence-corrected chi connectivity index (χ2v) is 7.18. The first-order valence-corrected chi connectivity index (χ1v) is 9.08. The van der Waals surface area contributed by atoms with Gasteiger partial charge in [-0.1, -0.05) is 30.3 Å². The van der Waals surface area contributed by atoms with Crippen LogP contribution < -0.4 is 5.32 Å². The third-order valence-electron chi connectivity index (χ3n) is 4.37. The Labute approximate surface area is 159 Å². The molecule has 27 heavy (non-hydrogen) atoms. The molecule has 134 valence electrons. The van der Waals surface area contributed by atoms with E-state index in [4.69, 9.17) is 0 Å². The molecule has 0 fully saturated rings. The van der Waals surface area contributed by atoms with Crippen molar-refractivity contribution < 1.29 is 14.4 Å². The molecule has 0 saturated carbocycles. The number of aryl methyl sites for hydroxylation is 1. The quantitative estimate of drug-likeness (QED) is 0.708. The van der Waals surface area contributed by atoms with Crippen molar-refractivity contribution in [1.29, 1.82) is 0 Å². The fourth-order valence-corrected chi connectivity index (χ4v) is 3.91. The Balaban J connectivity index is 1.60. The Bertz CT molecular complexity index is 1090. The van der Waals surface area contributed by atoms with E-state index in [1.54, 1.807) is 19.1 Å². The molecule has 0 unspecified atom stereocenters. The summed E-state index contributed by atoms with van der Waals surface area (Å²) in [4.78, 5) is 42.8. The summed E-state index contributed by atoms with van der Waals surface area (Å²) in [6.45, 7) is 1.79. The second kappa shape index (κ2) is 6.44. The summed E-state index contributed by atoms with van der Waals surface area (Å²) in [5.41, 5.74) is 2.70. The van der Waals surface area contributed by atoms with Crippen molar-refractivity contribution in [3.05, 3.63) is 70.2 Å². The number of hydrogen-bond acceptors (Lipinski definition) is 5. The molecule has 0 bridgehead atoms. The number of aromatic nitrogens is 1. The first-order valence-electron chi connectivity index (χ1n) is 8.26. The smallest absolute Gasteiger partial charge is 0.267 e. The minimum Gasteiger partial charge on any atom is -0.321 e. The molecule has 1 N–H and O–H groups in total. The van der Waals surface area contributed by atoms with Gasteiger partial charge in [-0.2, -0.15) is 0 Å². The molecule has 7 heteroatoms. The van der Waals surface area contributed by atoms with Gasteiger partial charge in [0, 0.05) is 18.3 Å². The third-order valence-corrected chi connectivity index (χ3v) is 5.58. The first-order chi connectivity index (χ1) is 13.0. The average molecular weight is 377 g/mol. The van der Waals surface area contributed by atoms with Crippen molar-refractivity contribution in [3.63, 3.8) is 0 Å². The molecule has 4 rings (SSSR count). The summed E-state index contributed by atoms with van der Waals surface area (Å²) in [7, 11) is 1.44. The van der Waals surface area contributed by atoms with E-state index in [1.807, 2.05) is 30.3 Å². The molecule has 0 atom stereocenters. The molecular formula is C20H15N3O3S. The standard InChI is InChI=1S/C20H15N3O3S/c1-11-16(27-18(21-11)12-6-4-3-5-7-12)17(24)22-13-8-9-14-15(10-13)20(26)23(2)19(14)25/h3-10H,1-2H3,(H,22,24). The molecule has 2 aromatic carbocycles. The van der Waals surface area contributed by atoms with Crippen LogP contribution >= 0.6 is 11.3 Å². The van der Waals surface area contributed by atoms with Crippen molar-refractivity contribution in [2.45, 2.75) is 6.92 Å². The Morgan fingerprint density at radius 1 is 1.04 bits per heavy atom. The van der Waals surface area contributed by atoms with Crippen LogP contribution in [-0.2, 0) is 0 Å². The highest BCUT2D eigenvalue weighted by Gasteiger charge is 2.32. The van der Waals surface area contributed by atoms with Crippen molar-refractivity contribution in [2.75, 3.05) is 12.4 Å². The van der Waals surface area contributed by atoms with Gasteiger partial charge in [-0.15, -0.1) is 11.3 Å². The largest absolute Gasteiger partial charge is 0.321 e. The molecule has 2 heterocycles. The minimum atomic E-state index is -0.369. The fourth-order valence-electron chi connectivity index (χ4n) is 2.94. The molecule has 6 nitrogen and oxygen atoms in total. The SMILES string of the molecule is Cc1nc(-c2ccccc2)sc1C(=O)Nc1ccc2c(c1)C(=O)N(C)C2=O. The van der Waals surface area contributed by atoms with Gasteiger partial charge in [0.15, 0.2) is 0 Å². The van der Waals surface area contributed by atoms with Crippen molar-refractivity contribution in [2.24, 2.45) is 0 Å². The maximum atomic E-state index is 12.7. The maximum absolute atomic E-state index is 12.7. The van der Waals surface area contributed by atoms with E-state index >= 15 is 0 Å². The molecule has 1 aliphatic heterocycles. The first kappa shape index (κ1) is 17.1. The number of anilines is 1. The number of thiazole rings is 1. The Morgan fingerprint density at radius 3 is 2.48 bits per heavy atom. The van der Waals surface area contributed by atoms with E-state index in [-0.39, 0.29) is 17.7 Å². The van der Waals surface area contributed by atoms with Gasteiger partial charge in [0.05, 0.1) is 16.8 Å². The highest BCUT2D eigenvalue weighted by molar-refractivity contribution is 7.17. The predicted octanol–water partition coefficient (Wildman–Crippen LogP) is 3.60. The van der Waals surface area contributed by atoms with E-state index in [9.17, 15) is 14.4 Å².